The van der Waals surface area contributed by atoms with Crippen molar-refractivity contribution in [1.82, 2.24) is 20.0 Å². The number of halogens is 2. The van der Waals surface area contributed by atoms with Crippen LogP contribution in [0.5, 0.6) is 0 Å². The fraction of sp³-hybridized carbons (Fsp3) is 0.542. The van der Waals surface area contributed by atoms with Gasteiger partial charge in [-0.15, -0.1) is 10.2 Å². The maximum absolute atomic E-state index is 13.4. The Kier molecular flexibility index (Phi) is 7.24. The standard InChI is InChI=1S/C24H31F2N7O2/c25-18-14-19(26)16-20(15-18)27-24(34)33-11-9-32(10-12-33)23-4-3-22(28-29-23)31-7-5-30(6-8-31)17-21-2-1-13-35-21/h3-4,14-16,21H,1-2,5-13,17H2,(H,27,34). The Morgan fingerprint density at radius 3 is 2.06 bits per heavy atom. The molecule has 3 aliphatic rings. The van der Waals surface area contributed by atoms with Crippen molar-refractivity contribution in [2.75, 3.05) is 80.6 Å². The highest BCUT2D eigenvalue weighted by molar-refractivity contribution is 5.89. The summed E-state index contributed by atoms with van der Waals surface area (Å²) < 4.78 is 32.5. The van der Waals surface area contributed by atoms with E-state index in [1.165, 1.54) is 12.8 Å². The Bertz CT molecular complexity index is 983. The van der Waals surface area contributed by atoms with Crippen LogP contribution in [-0.4, -0.2) is 97.6 Å². The molecule has 1 unspecified atom stereocenters. The van der Waals surface area contributed by atoms with Gasteiger partial charge in [0.25, 0.3) is 0 Å². The largest absolute Gasteiger partial charge is 0.377 e. The Hall–Kier alpha value is -3.05. The molecule has 1 atom stereocenters. The molecule has 1 aromatic heterocycles. The van der Waals surface area contributed by atoms with E-state index in [4.69, 9.17) is 4.74 Å². The highest BCUT2D eigenvalue weighted by Gasteiger charge is 2.25. The fourth-order valence-corrected chi connectivity index (χ4v) is 4.86. The van der Waals surface area contributed by atoms with Gasteiger partial charge < -0.3 is 24.8 Å². The number of urea groups is 1. The Morgan fingerprint density at radius 2 is 1.51 bits per heavy atom. The lowest BCUT2D eigenvalue weighted by molar-refractivity contribution is 0.0712. The zero-order valence-corrected chi connectivity index (χ0v) is 19.7. The number of aromatic nitrogens is 2. The van der Waals surface area contributed by atoms with E-state index in [0.29, 0.717) is 32.3 Å². The van der Waals surface area contributed by atoms with E-state index in [9.17, 15) is 13.6 Å². The van der Waals surface area contributed by atoms with Crippen LogP contribution in [-0.2, 0) is 4.74 Å². The molecule has 2 aromatic rings. The number of nitrogens with one attached hydrogen (secondary N) is 1. The zero-order valence-electron chi connectivity index (χ0n) is 19.7. The molecule has 9 nitrogen and oxygen atoms in total. The first-order chi connectivity index (χ1) is 17.0. The Balaban J connectivity index is 1.08. The molecular weight excluding hydrogens is 456 g/mol. The van der Waals surface area contributed by atoms with Gasteiger partial charge in [-0.1, -0.05) is 0 Å². The average Bonchev–Trinajstić information content (AvgIpc) is 3.37. The summed E-state index contributed by atoms with van der Waals surface area (Å²) in [5.74, 6) is 0.198. The van der Waals surface area contributed by atoms with Gasteiger partial charge in [0.2, 0.25) is 0 Å². The van der Waals surface area contributed by atoms with E-state index in [1.54, 1.807) is 4.90 Å². The fourth-order valence-electron chi connectivity index (χ4n) is 4.86. The highest BCUT2D eigenvalue weighted by atomic mass is 19.1. The summed E-state index contributed by atoms with van der Waals surface area (Å²) in [6, 6.07) is 6.57. The summed E-state index contributed by atoms with van der Waals surface area (Å²) in [6.07, 6.45) is 2.72. The summed E-state index contributed by atoms with van der Waals surface area (Å²) in [4.78, 5) is 20.9. The quantitative estimate of drug-likeness (QED) is 0.694. The van der Waals surface area contributed by atoms with Crippen molar-refractivity contribution in [3.8, 4) is 0 Å². The van der Waals surface area contributed by atoms with Crippen LogP contribution in [0.1, 0.15) is 12.8 Å². The maximum atomic E-state index is 13.4. The molecule has 4 heterocycles. The number of hydrogen-bond donors (Lipinski definition) is 1. The monoisotopic (exact) mass is 487 g/mol. The summed E-state index contributed by atoms with van der Waals surface area (Å²) in [5, 5.41) is 11.5. The first-order valence-electron chi connectivity index (χ1n) is 12.2. The van der Waals surface area contributed by atoms with E-state index in [1.807, 2.05) is 12.1 Å². The van der Waals surface area contributed by atoms with Crippen LogP contribution in [0.15, 0.2) is 30.3 Å². The second-order valence-electron chi connectivity index (χ2n) is 9.23. The van der Waals surface area contributed by atoms with Crippen LogP contribution < -0.4 is 15.1 Å². The molecule has 2 amide bonds. The minimum atomic E-state index is -0.729. The molecule has 5 rings (SSSR count). The third-order valence-electron chi connectivity index (χ3n) is 6.82. The molecule has 1 aromatic carbocycles. The number of piperazine rings is 2. The molecular formula is C24H31F2N7O2. The van der Waals surface area contributed by atoms with Crippen molar-refractivity contribution in [2.45, 2.75) is 18.9 Å². The number of amides is 2. The molecule has 3 saturated heterocycles. The number of anilines is 3. The van der Waals surface area contributed by atoms with Gasteiger partial charge in [-0.05, 0) is 37.1 Å². The molecule has 11 heteroatoms. The van der Waals surface area contributed by atoms with Crippen LogP contribution in [0.25, 0.3) is 0 Å². The molecule has 0 spiro atoms. The van der Waals surface area contributed by atoms with Gasteiger partial charge in [0.1, 0.15) is 11.6 Å². The molecule has 0 bridgehead atoms. The molecule has 3 fully saturated rings. The lowest BCUT2D eigenvalue weighted by Gasteiger charge is -2.37. The number of rotatable bonds is 5. The van der Waals surface area contributed by atoms with Crippen molar-refractivity contribution in [3.63, 3.8) is 0 Å². The minimum absolute atomic E-state index is 0.101. The smallest absolute Gasteiger partial charge is 0.321 e. The van der Waals surface area contributed by atoms with Crippen LogP contribution in [0.4, 0.5) is 30.9 Å². The molecule has 188 valence electrons. The van der Waals surface area contributed by atoms with Gasteiger partial charge in [0, 0.05) is 77.3 Å². The van der Waals surface area contributed by atoms with Gasteiger partial charge in [-0.2, -0.15) is 0 Å². The predicted molar refractivity (Wildman–Crippen MR) is 129 cm³/mol. The van der Waals surface area contributed by atoms with Crippen LogP contribution in [0, 0.1) is 11.6 Å². The van der Waals surface area contributed by atoms with E-state index >= 15 is 0 Å². The number of hydrogen-bond acceptors (Lipinski definition) is 7. The van der Waals surface area contributed by atoms with Gasteiger partial charge >= 0.3 is 6.03 Å². The summed E-state index contributed by atoms with van der Waals surface area (Å²) >= 11 is 0. The van der Waals surface area contributed by atoms with Crippen LogP contribution >= 0.6 is 0 Å². The number of carbonyl (C=O) groups excluding carboxylic acids is 1. The molecule has 3 aliphatic heterocycles. The molecule has 35 heavy (non-hydrogen) atoms. The number of carbonyl (C=O) groups is 1. The van der Waals surface area contributed by atoms with E-state index in [2.05, 4.69) is 30.2 Å². The number of benzene rings is 1. The van der Waals surface area contributed by atoms with E-state index in [0.717, 1.165) is 69.2 Å². The SMILES string of the molecule is O=C(Nc1cc(F)cc(F)c1)N1CCN(c2ccc(N3CCN(CC4CCCO4)CC3)nn2)CC1. The van der Waals surface area contributed by atoms with Crippen molar-refractivity contribution < 1.29 is 18.3 Å². The third-order valence-corrected chi connectivity index (χ3v) is 6.82. The first-order valence-corrected chi connectivity index (χ1v) is 12.2. The lowest BCUT2D eigenvalue weighted by Crippen LogP contribution is -2.50. The normalized spacial score (nSPS) is 21.4. The molecule has 0 radical (unpaired) electrons. The second kappa shape index (κ2) is 10.7. The van der Waals surface area contributed by atoms with E-state index < -0.39 is 11.6 Å². The lowest BCUT2D eigenvalue weighted by atomic mass is 10.2. The van der Waals surface area contributed by atoms with Crippen LogP contribution in [0.2, 0.25) is 0 Å². The second-order valence-corrected chi connectivity index (χ2v) is 9.23. The zero-order chi connectivity index (χ0) is 24.2. The molecule has 0 saturated carbocycles. The minimum Gasteiger partial charge on any atom is -0.377 e. The van der Waals surface area contributed by atoms with Gasteiger partial charge in [0.05, 0.1) is 6.10 Å². The summed E-state index contributed by atoms with van der Waals surface area (Å²) in [6.45, 7) is 7.88. The van der Waals surface area contributed by atoms with Crippen molar-refractivity contribution in [2.24, 2.45) is 0 Å². The summed E-state index contributed by atoms with van der Waals surface area (Å²) in [5.41, 5.74) is 0.101. The average molecular weight is 488 g/mol. The molecule has 0 aliphatic carbocycles. The number of nitrogens with zero attached hydrogens (tertiary/aromatic N) is 6. The van der Waals surface area contributed by atoms with E-state index in [-0.39, 0.29) is 11.7 Å². The highest BCUT2D eigenvalue weighted by Crippen LogP contribution is 2.20. The van der Waals surface area contributed by atoms with Crippen molar-refractivity contribution >= 4 is 23.4 Å². The van der Waals surface area contributed by atoms with Crippen molar-refractivity contribution in [1.29, 1.82) is 0 Å². The van der Waals surface area contributed by atoms with Gasteiger partial charge in [0.15, 0.2) is 11.6 Å². The molecule has 1 N–H and O–H groups in total. The predicted octanol–water partition coefficient (Wildman–Crippen LogP) is 2.41. The Morgan fingerprint density at radius 1 is 0.914 bits per heavy atom. The van der Waals surface area contributed by atoms with Crippen LogP contribution in [0.3, 0.4) is 0 Å². The maximum Gasteiger partial charge on any atom is 0.321 e. The van der Waals surface area contributed by atoms with Gasteiger partial charge in [-0.25, -0.2) is 13.6 Å². The first kappa shape index (κ1) is 23.7. The third kappa shape index (κ3) is 5.96. The Labute approximate surface area is 203 Å². The van der Waals surface area contributed by atoms with Crippen molar-refractivity contribution in [3.05, 3.63) is 42.0 Å². The van der Waals surface area contributed by atoms with Gasteiger partial charge in [-0.3, -0.25) is 4.90 Å². The number of ether oxygens (including phenoxy) is 1. The topological polar surface area (TPSA) is 77.1 Å². The summed E-state index contributed by atoms with van der Waals surface area (Å²) in [7, 11) is 0.